The lowest BCUT2D eigenvalue weighted by molar-refractivity contribution is -0.137. The number of unbranched alkanes of at least 4 members (excludes halogenated alkanes) is 1. The molecule has 0 unspecified atom stereocenters. The van der Waals surface area contributed by atoms with Crippen LogP contribution >= 0.6 is 11.8 Å². The van der Waals surface area contributed by atoms with Crippen molar-refractivity contribution in [2.75, 3.05) is 24.6 Å². The number of carbonyl (C=O) groups is 1. The van der Waals surface area contributed by atoms with E-state index in [1.165, 1.54) is 0 Å². The third-order valence-corrected chi connectivity index (χ3v) is 2.47. The van der Waals surface area contributed by atoms with Crippen LogP contribution in [0.4, 0.5) is 0 Å². The van der Waals surface area contributed by atoms with E-state index in [9.17, 15) is 4.79 Å². The van der Waals surface area contributed by atoms with Crippen molar-refractivity contribution in [1.29, 1.82) is 0 Å². The Bertz CT molecular complexity index is 189. The first-order valence-corrected chi connectivity index (χ1v) is 5.86. The van der Waals surface area contributed by atoms with E-state index >= 15 is 0 Å². The van der Waals surface area contributed by atoms with E-state index in [-0.39, 0.29) is 6.42 Å². The van der Waals surface area contributed by atoms with Gasteiger partial charge in [-0.25, -0.2) is 0 Å². The summed E-state index contributed by atoms with van der Waals surface area (Å²) in [5.41, 5.74) is 0. The summed E-state index contributed by atoms with van der Waals surface area (Å²) in [4.78, 5) is 10.2. The van der Waals surface area contributed by atoms with Gasteiger partial charge in [0.2, 0.25) is 0 Å². The Morgan fingerprint density at radius 3 is 2.86 bits per heavy atom. The number of hydrogen-bond acceptors (Lipinski definition) is 3. The van der Waals surface area contributed by atoms with Crippen molar-refractivity contribution >= 4 is 17.7 Å². The van der Waals surface area contributed by atoms with Crippen LogP contribution in [0.5, 0.6) is 0 Å². The van der Waals surface area contributed by atoms with Gasteiger partial charge in [0.25, 0.3) is 0 Å². The highest BCUT2D eigenvalue weighted by atomic mass is 32.2. The molecule has 14 heavy (non-hydrogen) atoms. The Labute approximate surface area is 89.7 Å². The van der Waals surface area contributed by atoms with Gasteiger partial charge in [-0.1, -0.05) is 5.92 Å². The average molecular weight is 215 g/mol. The minimum Gasteiger partial charge on any atom is -0.481 e. The van der Waals surface area contributed by atoms with Crippen molar-refractivity contribution in [3.8, 4) is 12.3 Å². The maximum absolute atomic E-state index is 10.2. The second-order valence-corrected chi connectivity index (χ2v) is 3.96. The van der Waals surface area contributed by atoms with E-state index < -0.39 is 5.97 Å². The standard InChI is InChI=1S/C10H17NO2S/c1-2-8-14-9-7-11-6-4-3-5-10(12)13/h1,11H,3-9H2,(H,12,13). The van der Waals surface area contributed by atoms with Crippen LogP contribution < -0.4 is 5.32 Å². The molecule has 0 spiro atoms. The molecule has 0 radical (unpaired) electrons. The summed E-state index contributed by atoms with van der Waals surface area (Å²) in [5.74, 6) is 3.63. The minimum atomic E-state index is -0.713. The predicted molar refractivity (Wildman–Crippen MR) is 60.5 cm³/mol. The quantitative estimate of drug-likeness (QED) is 0.448. The third kappa shape index (κ3) is 11.3. The zero-order valence-electron chi connectivity index (χ0n) is 8.29. The monoisotopic (exact) mass is 215 g/mol. The summed E-state index contributed by atoms with van der Waals surface area (Å²) in [7, 11) is 0. The number of rotatable bonds is 9. The van der Waals surface area contributed by atoms with Gasteiger partial charge in [0, 0.05) is 18.7 Å². The molecule has 0 fully saturated rings. The molecule has 0 atom stereocenters. The fourth-order valence-electron chi connectivity index (χ4n) is 0.927. The van der Waals surface area contributed by atoms with Crippen molar-refractivity contribution in [2.45, 2.75) is 19.3 Å². The van der Waals surface area contributed by atoms with E-state index in [0.717, 1.165) is 37.4 Å². The fraction of sp³-hybridized carbons (Fsp3) is 0.700. The summed E-state index contributed by atoms with van der Waals surface area (Å²) in [6.45, 7) is 1.84. The maximum Gasteiger partial charge on any atom is 0.303 e. The molecule has 0 amide bonds. The molecular formula is C10H17NO2S. The van der Waals surface area contributed by atoms with Gasteiger partial charge in [0.05, 0.1) is 5.75 Å². The Kier molecular flexibility index (Phi) is 9.93. The van der Waals surface area contributed by atoms with Crippen LogP contribution in [0.25, 0.3) is 0 Å². The average Bonchev–Trinajstić information content (AvgIpc) is 2.15. The number of nitrogens with one attached hydrogen (secondary N) is 1. The van der Waals surface area contributed by atoms with Crippen LogP contribution in [0.1, 0.15) is 19.3 Å². The molecule has 0 aliphatic carbocycles. The van der Waals surface area contributed by atoms with Crippen LogP contribution in [0, 0.1) is 12.3 Å². The largest absolute Gasteiger partial charge is 0.481 e. The first-order valence-electron chi connectivity index (χ1n) is 4.71. The first kappa shape index (κ1) is 13.3. The predicted octanol–water partition coefficient (Wildman–Crippen LogP) is 1.20. The Morgan fingerprint density at radius 1 is 1.43 bits per heavy atom. The van der Waals surface area contributed by atoms with Crippen molar-refractivity contribution in [3.63, 3.8) is 0 Å². The van der Waals surface area contributed by atoms with E-state index in [1.54, 1.807) is 11.8 Å². The SMILES string of the molecule is C#CCSCCNCCCCC(=O)O. The fourth-order valence-corrected chi connectivity index (χ4v) is 1.48. The van der Waals surface area contributed by atoms with E-state index in [0.29, 0.717) is 0 Å². The second-order valence-electron chi connectivity index (χ2n) is 2.86. The third-order valence-electron chi connectivity index (χ3n) is 1.60. The van der Waals surface area contributed by atoms with Crippen LogP contribution in [0.2, 0.25) is 0 Å². The highest BCUT2D eigenvalue weighted by molar-refractivity contribution is 7.99. The molecule has 2 N–H and O–H groups in total. The molecule has 4 heteroatoms. The molecule has 0 aromatic carbocycles. The van der Waals surface area contributed by atoms with E-state index in [2.05, 4.69) is 11.2 Å². The van der Waals surface area contributed by atoms with Gasteiger partial charge in [0.1, 0.15) is 0 Å². The van der Waals surface area contributed by atoms with Gasteiger partial charge in [-0.05, 0) is 19.4 Å². The molecule has 0 heterocycles. The topological polar surface area (TPSA) is 49.3 Å². The normalized spacial score (nSPS) is 9.64. The lowest BCUT2D eigenvalue weighted by atomic mass is 10.2. The van der Waals surface area contributed by atoms with Gasteiger partial charge in [0.15, 0.2) is 0 Å². The van der Waals surface area contributed by atoms with Crippen LogP contribution in [0.3, 0.4) is 0 Å². The summed E-state index contributed by atoms with van der Waals surface area (Å²) in [5, 5.41) is 11.6. The zero-order chi connectivity index (χ0) is 10.6. The molecule has 0 saturated carbocycles. The smallest absolute Gasteiger partial charge is 0.303 e. The molecule has 0 aromatic heterocycles. The Morgan fingerprint density at radius 2 is 2.21 bits per heavy atom. The summed E-state index contributed by atoms with van der Waals surface area (Å²) < 4.78 is 0. The highest BCUT2D eigenvalue weighted by Gasteiger charge is 1.95. The molecule has 0 aromatic rings. The van der Waals surface area contributed by atoms with Gasteiger partial charge in [-0.2, -0.15) is 0 Å². The van der Waals surface area contributed by atoms with E-state index in [1.807, 2.05) is 0 Å². The Balaban J connectivity index is 2.93. The molecule has 0 bridgehead atoms. The summed E-state index contributed by atoms with van der Waals surface area (Å²) in [6, 6.07) is 0. The number of thioether (sulfide) groups is 1. The van der Waals surface area contributed by atoms with E-state index in [4.69, 9.17) is 11.5 Å². The second kappa shape index (κ2) is 10.4. The van der Waals surface area contributed by atoms with Crippen LogP contribution in [-0.2, 0) is 4.79 Å². The highest BCUT2D eigenvalue weighted by Crippen LogP contribution is 1.96. The number of carboxylic acids is 1. The first-order chi connectivity index (χ1) is 6.77. The molecule has 80 valence electrons. The van der Waals surface area contributed by atoms with Gasteiger partial charge >= 0.3 is 5.97 Å². The number of carboxylic acid groups (broad SMARTS) is 1. The molecule has 3 nitrogen and oxygen atoms in total. The minimum absolute atomic E-state index is 0.271. The number of terminal acetylenes is 1. The number of aliphatic carboxylic acids is 1. The van der Waals surface area contributed by atoms with Crippen molar-refractivity contribution < 1.29 is 9.90 Å². The molecule has 0 rings (SSSR count). The van der Waals surface area contributed by atoms with Crippen LogP contribution in [0.15, 0.2) is 0 Å². The number of hydrogen-bond donors (Lipinski definition) is 2. The van der Waals surface area contributed by atoms with Crippen molar-refractivity contribution in [3.05, 3.63) is 0 Å². The van der Waals surface area contributed by atoms with Crippen molar-refractivity contribution in [2.24, 2.45) is 0 Å². The Hall–Kier alpha value is -0.660. The van der Waals surface area contributed by atoms with Gasteiger partial charge in [-0.15, -0.1) is 18.2 Å². The van der Waals surface area contributed by atoms with Crippen molar-refractivity contribution in [1.82, 2.24) is 5.32 Å². The summed E-state index contributed by atoms with van der Waals surface area (Å²) >= 11 is 1.73. The summed E-state index contributed by atoms with van der Waals surface area (Å²) in [6.07, 6.45) is 7.03. The van der Waals surface area contributed by atoms with Gasteiger partial charge < -0.3 is 10.4 Å². The molecule has 0 saturated heterocycles. The lowest BCUT2D eigenvalue weighted by Crippen LogP contribution is -2.18. The molecular weight excluding hydrogens is 198 g/mol. The maximum atomic E-state index is 10.2. The molecule has 0 aliphatic heterocycles. The molecule has 0 aliphatic rings. The van der Waals surface area contributed by atoms with Gasteiger partial charge in [-0.3, -0.25) is 4.79 Å². The zero-order valence-corrected chi connectivity index (χ0v) is 9.11. The van der Waals surface area contributed by atoms with Crippen LogP contribution in [-0.4, -0.2) is 35.7 Å². The lowest BCUT2D eigenvalue weighted by Gasteiger charge is -2.02.